The molecule has 0 radical (unpaired) electrons. The van der Waals surface area contributed by atoms with Crippen molar-refractivity contribution in [2.75, 3.05) is 39.9 Å². The van der Waals surface area contributed by atoms with E-state index in [2.05, 4.69) is 0 Å². The molecule has 1 atom stereocenters. The molecule has 0 bridgehead atoms. The van der Waals surface area contributed by atoms with Crippen LogP contribution in [0.1, 0.15) is 33.1 Å². The Bertz CT molecular complexity index is 383. The second kappa shape index (κ2) is 6.12. The molecule has 0 aliphatic carbocycles. The monoisotopic (exact) mass is 282 g/mol. The number of amides is 2. The van der Waals surface area contributed by atoms with Gasteiger partial charge in [0.15, 0.2) is 0 Å². The van der Waals surface area contributed by atoms with Gasteiger partial charge in [0.05, 0.1) is 12.0 Å². The molecule has 5 heteroatoms. The van der Waals surface area contributed by atoms with Crippen molar-refractivity contribution >= 4 is 11.8 Å². The van der Waals surface area contributed by atoms with Gasteiger partial charge in [-0.1, -0.05) is 13.8 Å². The first-order valence-corrected chi connectivity index (χ1v) is 7.57. The maximum atomic E-state index is 12.7. The van der Waals surface area contributed by atoms with Gasteiger partial charge < -0.3 is 14.5 Å². The summed E-state index contributed by atoms with van der Waals surface area (Å²) in [6.45, 7) is 7.22. The molecule has 1 spiro atoms. The van der Waals surface area contributed by atoms with E-state index in [1.165, 1.54) is 0 Å². The van der Waals surface area contributed by atoms with Gasteiger partial charge in [0.25, 0.3) is 0 Å². The summed E-state index contributed by atoms with van der Waals surface area (Å²) in [4.78, 5) is 28.6. The van der Waals surface area contributed by atoms with Gasteiger partial charge in [-0.05, 0) is 19.3 Å². The summed E-state index contributed by atoms with van der Waals surface area (Å²) in [6, 6.07) is 0. The van der Waals surface area contributed by atoms with Crippen molar-refractivity contribution < 1.29 is 14.3 Å². The minimum Gasteiger partial charge on any atom is -0.383 e. The quantitative estimate of drug-likeness (QED) is 0.776. The third-order valence-corrected chi connectivity index (χ3v) is 4.55. The molecule has 0 aromatic carbocycles. The fraction of sp³-hybridized carbons (Fsp3) is 0.867. The lowest BCUT2D eigenvalue weighted by molar-refractivity contribution is -0.147. The van der Waals surface area contributed by atoms with Crippen LogP contribution in [-0.2, 0) is 14.3 Å². The number of nitrogens with zero attached hydrogens (tertiary/aromatic N) is 2. The van der Waals surface area contributed by atoms with Gasteiger partial charge in [0.1, 0.15) is 0 Å². The van der Waals surface area contributed by atoms with Crippen LogP contribution in [0.2, 0.25) is 0 Å². The van der Waals surface area contributed by atoms with Crippen LogP contribution in [0.5, 0.6) is 0 Å². The van der Waals surface area contributed by atoms with Crippen LogP contribution in [0.3, 0.4) is 0 Å². The van der Waals surface area contributed by atoms with E-state index in [-0.39, 0.29) is 23.1 Å². The Morgan fingerprint density at radius 1 is 1.35 bits per heavy atom. The minimum absolute atomic E-state index is 0.00781. The predicted octanol–water partition coefficient (Wildman–Crippen LogP) is 1.13. The summed E-state index contributed by atoms with van der Waals surface area (Å²) in [7, 11) is 1.66. The molecule has 0 N–H and O–H groups in total. The molecule has 2 fully saturated rings. The molecule has 2 aliphatic heterocycles. The van der Waals surface area contributed by atoms with Crippen molar-refractivity contribution in [1.82, 2.24) is 9.80 Å². The fourth-order valence-electron chi connectivity index (χ4n) is 3.37. The Hall–Kier alpha value is -1.10. The van der Waals surface area contributed by atoms with E-state index in [1.54, 1.807) is 7.11 Å². The van der Waals surface area contributed by atoms with Crippen molar-refractivity contribution in [3.05, 3.63) is 0 Å². The summed E-state index contributed by atoms with van der Waals surface area (Å²) >= 11 is 0. The highest BCUT2D eigenvalue weighted by Crippen LogP contribution is 2.40. The molecule has 1 unspecified atom stereocenters. The summed E-state index contributed by atoms with van der Waals surface area (Å²) in [6.07, 6.45) is 2.75. The van der Waals surface area contributed by atoms with Gasteiger partial charge in [-0.2, -0.15) is 0 Å². The highest BCUT2D eigenvalue weighted by molar-refractivity contribution is 5.86. The molecule has 2 amide bonds. The minimum atomic E-state index is -0.323. The highest BCUT2D eigenvalue weighted by atomic mass is 16.5. The van der Waals surface area contributed by atoms with Crippen molar-refractivity contribution in [3.8, 4) is 0 Å². The Morgan fingerprint density at radius 2 is 2.10 bits per heavy atom. The zero-order valence-electron chi connectivity index (χ0n) is 12.9. The van der Waals surface area contributed by atoms with E-state index < -0.39 is 0 Å². The van der Waals surface area contributed by atoms with Gasteiger partial charge in [0, 0.05) is 39.2 Å². The van der Waals surface area contributed by atoms with Gasteiger partial charge in [-0.15, -0.1) is 0 Å². The van der Waals surface area contributed by atoms with Gasteiger partial charge >= 0.3 is 0 Å². The number of ether oxygens (including phenoxy) is 1. The summed E-state index contributed by atoms with van der Waals surface area (Å²) in [5.41, 5.74) is -0.323. The molecule has 0 aromatic heterocycles. The number of hydrogen-bond donors (Lipinski definition) is 0. The van der Waals surface area contributed by atoms with Gasteiger partial charge in [0.2, 0.25) is 11.8 Å². The maximum Gasteiger partial charge on any atom is 0.230 e. The first kappa shape index (κ1) is 15.3. The van der Waals surface area contributed by atoms with Gasteiger partial charge in [-0.25, -0.2) is 0 Å². The first-order valence-electron chi connectivity index (χ1n) is 7.57. The number of methoxy groups -OCH3 is 1. The number of hydrogen-bond acceptors (Lipinski definition) is 3. The number of likely N-dealkylation sites (tertiary alicyclic amines) is 2. The average Bonchev–Trinajstić information content (AvgIpc) is 2.85. The SMILES string of the molecule is COCCN1CCCC2(CCN(C(=O)C(C)C)C2)C1=O. The largest absolute Gasteiger partial charge is 0.383 e. The molecular formula is C15H26N2O3. The van der Waals surface area contributed by atoms with Crippen LogP contribution >= 0.6 is 0 Å². The Labute approximate surface area is 121 Å². The standard InChI is InChI=1S/C15H26N2O3/c1-12(2)13(18)17-8-6-15(11-17)5-4-7-16(14(15)19)9-10-20-3/h12H,4-11H2,1-3H3. The Morgan fingerprint density at radius 3 is 2.75 bits per heavy atom. The fourth-order valence-corrected chi connectivity index (χ4v) is 3.37. The lowest BCUT2D eigenvalue weighted by atomic mass is 9.78. The van der Waals surface area contributed by atoms with Crippen LogP contribution in [0.4, 0.5) is 0 Å². The van der Waals surface area contributed by atoms with Crippen LogP contribution < -0.4 is 0 Å². The molecule has 0 aromatic rings. The van der Waals surface area contributed by atoms with Gasteiger partial charge in [-0.3, -0.25) is 9.59 Å². The number of carbonyl (C=O) groups excluding carboxylic acids is 2. The van der Waals surface area contributed by atoms with E-state index in [0.717, 1.165) is 32.4 Å². The van der Waals surface area contributed by atoms with Crippen LogP contribution in [0.25, 0.3) is 0 Å². The van der Waals surface area contributed by atoms with E-state index in [1.807, 2.05) is 23.6 Å². The third-order valence-electron chi connectivity index (χ3n) is 4.55. The second-order valence-electron chi connectivity index (χ2n) is 6.33. The molecule has 114 valence electrons. The lowest BCUT2D eigenvalue weighted by Gasteiger charge is -2.39. The molecule has 20 heavy (non-hydrogen) atoms. The normalized spacial score (nSPS) is 26.9. The second-order valence-corrected chi connectivity index (χ2v) is 6.33. The van der Waals surface area contributed by atoms with Crippen molar-refractivity contribution in [3.63, 3.8) is 0 Å². The maximum absolute atomic E-state index is 12.7. The zero-order valence-corrected chi connectivity index (χ0v) is 12.9. The molecule has 2 heterocycles. The predicted molar refractivity (Wildman–Crippen MR) is 76.2 cm³/mol. The zero-order chi connectivity index (χ0) is 14.8. The third kappa shape index (κ3) is 2.82. The molecule has 2 aliphatic rings. The summed E-state index contributed by atoms with van der Waals surface area (Å²) in [5.74, 6) is 0.400. The van der Waals surface area contributed by atoms with Crippen LogP contribution in [-0.4, -0.2) is 61.5 Å². The Balaban J connectivity index is 2.04. The lowest BCUT2D eigenvalue weighted by Crippen LogP contribution is -2.51. The molecule has 5 nitrogen and oxygen atoms in total. The molecular weight excluding hydrogens is 256 g/mol. The summed E-state index contributed by atoms with van der Waals surface area (Å²) in [5, 5.41) is 0. The molecule has 0 saturated carbocycles. The number of piperidine rings is 1. The van der Waals surface area contributed by atoms with Crippen molar-refractivity contribution in [2.45, 2.75) is 33.1 Å². The van der Waals surface area contributed by atoms with Crippen molar-refractivity contribution in [1.29, 1.82) is 0 Å². The Kier molecular flexibility index (Phi) is 4.68. The van der Waals surface area contributed by atoms with E-state index in [4.69, 9.17) is 4.74 Å². The van der Waals surface area contributed by atoms with E-state index in [0.29, 0.717) is 19.7 Å². The number of rotatable bonds is 4. The molecule has 2 saturated heterocycles. The van der Waals surface area contributed by atoms with E-state index in [9.17, 15) is 9.59 Å². The number of carbonyl (C=O) groups is 2. The summed E-state index contributed by atoms with van der Waals surface area (Å²) < 4.78 is 5.08. The van der Waals surface area contributed by atoms with Crippen LogP contribution in [0.15, 0.2) is 0 Å². The first-order chi connectivity index (χ1) is 9.50. The topological polar surface area (TPSA) is 49.9 Å². The highest BCUT2D eigenvalue weighted by Gasteiger charge is 2.49. The van der Waals surface area contributed by atoms with E-state index >= 15 is 0 Å². The average molecular weight is 282 g/mol. The van der Waals surface area contributed by atoms with Crippen molar-refractivity contribution in [2.24, 2.45) is 11.3 Å². The molecule has 2 rings (SSSR count). The smallest absolute Gasteiger partial charge is 0.230 e. The van der Waals surface area contributed by atoms with Crippen LogP contribution in [0, 0.1) is 11.3 Å².